The molecule has 1 aliphatic carbocycles. The highest BCUT2D eigenvalue weighted by molar-refractivity contribution is 7.89. The van der Waals surface area contributed by atoms with Crippen molar-refractivity contribution in [1.29, 1.82) is 0 Å². The third-order valence-electron chi connectivity index (χ3n) is 4.97. The molecular weight excluding hydrogens is 362 g/mol. The normalized spacial score (nSPS) is 21.3. The number of nitrogens with one attached hydrogen (secondary N) is 1. The van der Waals surface area contributed by atoms with E-state index in [1.807, 2.05) is 0 Å². The minimum absolute atomic E-state index is 0. The van der Waals surface area contributed by atoms with Gasteiger partial charge in [0.15, 0.2) is 0 Å². The molecule has 140 valence electrons. The van der Waals surface area contributed by atoms with Gasteiger partial charge in [0.1, 0.15) is 0 Å². The van der Waals surface area contributed by atoms with Gasteiger partial charge in [0.05, 0.1) is 4.90 Å². The zero-order chi connectivity index (χ0) is 17.2. The Morgan fingerprint density at radius 1 is 1.24 bits per heavy atom. The molecule has 8 heteroatoms. The van der Waals surface area contributed by atoms with Crippen LogP contribution in [-0.2, 0) is 10.0 Å². The Hall–Kier alpha value is -1.15. The van der Waals surface area contributed by atoms with Crippen LogP contribution in [0.4, 0.5) is 0 Å². The molecule has 1 heterocycles. The summed E-state index contributed by atoms with van der Waals surface area (Å²) in [5.41, 5.74) is 6.09. The van der Waals surface area contributed by atoms with Crippen molar-refractivity contribution in [3.05, 3.63) is 29.8 Å². The maximum atomic E-state index is 12.6. The lowest BCUT2D eigenvalue weighted by atomic mass is 10.1. The molecule has 0 bridgehead atoms. The summed E-state index contributed by atoms with van der Waals surface area (Å²) in [4.78, 5) is 14.5. The summed E-state index contributed by atoms with van der Waals surface area (Å²) in [5.74, 6) is 0.216. The summed E-state index contributed by atoms with van der Waals surface area (Å²) in [7, 11) is -3.58. The van der Waals surface area contributed by atoms with Gasteiger partial charge in [-0.05, 0) is 49.9 Å². The van der Waals surface area contributed by atoms with E-state index in [0.29, 0.717) is 31.1 Å². The number of carbonyl (C=O) groups is 1. The van der Waals surface area contributed by atoms with Crippen LogP contribution in [0, 0.1) is 5.92 Å². The molecule has 0 radical (unpaired) electrons. The molecule has 1 atom stereocenters. The first-order chi connectivity index (χ1) is 11.5. The van der Waals surface area contributed by atoms with Crippen molar-refractivity contribution < 1.29 is 13.2 Å². The summed E-state index contributed by atoms with van der Waals surface area (Å²) >= 11 is 0. The highest BCUT2D eigenvalue weighted by Gasteiger charge is 2.27. The Balaban J connectivity index is 0.00000225. The van der Waals surface area contributed by atoms with Crippen LogP contribution in [0.3, 0.4) is 0 Å². The molecule has 1 aromatic rings. The first-order valence-corrected chi connectivity index (χ1v) is 10.1. The van der Waals surface area contributed by atoms with Gasteiger partial charge in [-0.3, -0.25) is 4.79 Å². The number of sulfonamides is 1. The monoisotopic (exact) mass is 387 g/mol. The average molecular weight is 388 g/mol. The van der Waals surface area contributed by atoms with E-state index in [0.717, 1.165) is 32.1 Å². The molecule has 3 N–H and O–H groups in total. The van der Waals surface area contributed by atoms with Crippen molar-refractivity contribution in [3.8, 4) is 0 Å². The van der Waals surface area contributed by atoms with E-state index in [4.69, 9.17) is 5.73 Å². The predicted molar refractivity (Wildman–Crippen MR) is 99.3 cm³/mol. The van der Waals surface area contributed by atoms with Crippen LogP contribution in [0.2, 0.25) is 0 Å². The Morgan fingerprint density at radius 2 is 1.96 bits per heavy atom. The number of nitrogens with two attached hydrogens (primary N) is 1. The number of hydrogen-bond acceptors (Lipinski definition) is 4. The summed E-state index contributed by atoms with van der Waals surface area (Å²) in [6.45, 7) is 1.90. The fraction of sp³-hybridized carbons (Fsp3) is 0.588. The second kappa shape index (κ2) is 8.49. The summed E-state index contributed by atoms with van der Waals surface area (Å²) in [6, 6.07) is 6.34. The molecule has 0 spiro atoms. The molecule has 1 saturated carbocycles. The number of halogens is 1. The van der Waals surface area contributed by atoms with Gasteiger partial charge in [-0.2, -0.15) is 0 Å². The molecule has 2 aliphatic rings. The topological polar surface area (TPSA) is 92.5 Å². The SMILES string of the molecule is Cl.NCC1CCN(C(=O)c2cccc(S(=O)(=O)NC3CCCC3)c2)C1. The Bertz CT molecular complexity index is 705. The Kier molecular flexibility index (Phi) is 6.85. The van der Waals surface area contributed by atoms with E-state index in [-0.39, 0.29) is 29.3 Å². The van der Waals surface area contributed by atoms with E-state index in [2.05, 4.69) is 4.72 Å². The van der Waals surface area contributed by atoms with Crippen LogP contribution in [0.5, 0.6) is 0 Å². The second-order valence-corrected chi connectivity index (χ2v) is 8.49. The molecule has 3 rings (SSSR count). The smallest absolute Gasteiger partial charge is 0.253 e. The first-order valence-electron chi connectivity index (χ1n) is 8.61. The van der Waals surface area contributed by atoms with E-state index >= 15 is 0 Å². The standard InChI is InChI=1S/C17H25N3O3S.ClH/c18-11-13-8-9-20(12-13)17(21)14-4-3-7-16(10-14)24(22,23)19-15-5-1-2-6-15;/h3-4,7,10,13,15,19H,1-2,5-6,8-9,11-12,18H2;1H. The van der Waals surface area contributed by atoms with Crippen molar-refractivity contribution in [2.24, 2.45) is 11.7 Å². The van der Waals surface area contributed by atoms with Gasteiger partial charge in [0.25, 0.3) is 5.91 Å². The van der Waals surface area contributed by atoms with E-state index in [1.165, 1.54) is 6.07 Å². The summed E-state index contributed by atoms with van der Waals surface area (Å²) in [5, 5.41) is 0. The fourth-order valence-electron chi connectivity index (χ4n) is 3.52. The lowest BCUT2D eigenvalue weighted by Gasteiger charge is -2.17. The third kappa shape index (κ3) is 4.73. The van der Waals surface area contributed by atoms with Crippen molar-refractivity contribution in [2.45, 2.75) is 43.0 Å². The van der Waals surface area contributed by atoms with E-state index < -0.39 is 10.0 Å². The molecule has 1 aliphatic heterocycles. The lowest BCUT2D eigenvalue weighted by Crippen LogP contribution is -2.33. The van der Waals surface area contributed by atoms with Crippen molar-refractivity contribution in [2.75, 3.05) is 19.6 Å². The molecule has 0 aromatic heterocycles. The predicted octanol–water partition coefficient (Wildman–Crippen LogP) is 1.75. The van der Waals surface area contributed by atoms with Crippen molar-refractivity contribution >= 4 is 28.3 Å². The van der Waals surface area contributed by atoms with Crippen LogP contribution in [0.1, 0.15) is 42.5 Å². The largest absolute Gasteiger partial charge is 0.338 e. The van der Waals surface area contributed by atoms with Gasteiger partial charge < -0.3 is 10.6 Å². The van der Waals surface area contributed by atoms with E-state index in [9.17, 15) is 13.2 Å². The average Bonchev–Trinajstić information content (AvgIpc) is 3.25. The summed E-state index contributed by atoms with van der Waals surface area (Å²) in [6.07, 6.45) is 4.79. The number of nitrogens with zero attached hydrogens (tertiary/aromatic N) is 1. The first kappa shape index (κ1) is 20.2. The minimum Gasteiger partial charge on any atom is -0.338 e. The highest BCUT2D eigenvalue weighted by Crippen LogP contribution is 2.22. The maximum Gasteiger partial charge on any atom is 0.253 e. The van der Waals surface area contributed by atoms with Crippen LogP contribution in [0.25, 0.3) is 0 Å². The molecule has 25 heavy (non-hydrogen) atoms. The Morgan fingerprint density at radius 3 is 2.60 bits per heavy atom. The quantitative estimate of drug-likeness (QED) is 0.804. The molecule has 1 unspecified atom stereocenters. The zero-order valence-electron chi connectivity index (χ0n) is 14.2. The number of rotatable bonds is 5. The number of carbonyl (C=O) groups excluding carboxylic acids is 1. The van der Waals surface area contributed by atoms with Gasteiger partial charge in [0.2, 0.25) is 10.0 Å². The van der Waals surface area contributed by atoms with Crippen LogP contribution in [-0.4, -0.2) is 44.9 Å². The van der Waals surface area contributed by atoms with Gasteiger partial charge in [-0.25, -0.2) is 13.1 Å². The van der Waals surface area contributed by atoms with Gasteiger partial charge in [-0.1, -0.05) is 18.9 Å². The fourth-order valence-corrected chi connectivity index (χ4v) is 4.87. The van der Waals surface area contributed by atoms with Crippen LogP contribution >= 0.6 is 12.4 Å². The molecular formula is C17H26ClN3O3S. The van der Waals surface area contributed by atoms with Crippen LogP contribution < -0.4 is 10.5 Å². The number of likely N-dealkylation sites (tertiary alicyclic amines) is 1. The highest BCUT2D eigenvalue weighted by atomic mass is 35.5. The van der Waals surface area contributed by atoms with Gasteiger partial charge in [-0.15, -0.1) is 12.4 Å². The molecule has 1 amide bonds. The molecule has 1 saturated heterocycles. The third-order valence-corrected chi connectivity index (χ3v) is 6.49. The second-order valence-electron chi connectivity index (χ2n) is 6.77. The van der Waals surface area contributed by atoms with Crippen molar-refractivity contribution in [3.63, 3.8) is 0 Å². The van der Waals surface area contributed by atoms with Crippen molar-refractivity contribution in [1.82, 2.24) is 9.62 Å². The molecule has 6 nitrogen and oxygen atoms in total. The summed E-state index contributed by atoms with van der Waals surface area (Å²) < 4.78 is 27.8. The minimum atomic E-state index is -3.58. The number of amides is 1. The lowest BCUT2D eigenvalue weighted by molar-refractivity contribution is 0.0787. The number of hydrogen-bond donors (Lipinski definition) is 2. The zero-order valence-corrected chi connectivity index (χ0v) is 15.8. The number of benzene rings is 1. The molecule has 2 fully saturated rings. The van der Waals surface area contributed by atoms with Crippen LogP contribution in [0.15, 0.2) is 29.2 Å². The molecule has 1 aromatic carbocycles. The van der Waals surface area contributed by atoms with E-state index in [1.54, 1.807) is 23.1 Å². The van der Waals surface area contributed by atoms with Gasteiger partial charge >= 0.3 is 0 Å². The van der Waals surface area contributed by atoms with Gasteiger partial charge in [0, 0.05) is 24.7 Å². The maximum absolute atomic E-state index is 12.6. The Labute approximate surface area is 155 Å².